The second-order valence-electron chi connectivity index (χ2n) is 10.7. The van der Waals surface area contributed by atoms with Crippen LogP contribution in [0, 0.1) is 35.2 Å². The van der Waals surface area contributed by atoms with Gasteiger partial charge >= 0.3 is 5.97 Å². The van der Waals surface area contributed by atoms with Crippen LogP contribution in [0.1, 0.15) is 92.1 Å². The number of esters is 1. The Morgan fingerprint density at radius 1 is 1.00 bits per heavy atom. The number of hydrogen-bond acceptors (Lipinski definition) is 2. The van der Waals surface area contributed by atoms with Crippen LogP contribution in [0.25, 0.3) is 0 Å². The van der Waals surface area contributed by atoms with Gasteiger partial charge in [-0.05, 0) is 118 Å². The van der Waals surface area contributed by atoms with Crippen LogP contribution in [0.4, 0.5) is 13.2 Å². The molecule has 5 heteroatoms. The summed E-state index contributed by atoms with van der Waals surface area (Å²) < 4.78 is 49.7. The Morgan fingerprint density at radius 3 is 2.54 bits per heavy atom. The van der Waals surface area contributed by atoms with Crippen molar-refractivity contribution in [1.29, 1.82) is 0 Å². The minimum Gasteiger partial charge on any atom is -0.420 e. The molecule has 0 amide bonds. The third-order valence-electron chi connectivity index (χ3n) is 8.31. The summed E-state index contributed by atoms with van der Waals surface area (Å²) in [6, 6.07) is 7.04. The number of benzene rings is 2. The van der Waals surface area contributed by atoms with Crippen LogP contribution in [0.3, 0.4) is 0 Å². The molecule has 0 aromatic heterocycles. The molecule has 0 aliphatic heterocycles. The molecule has 4 unspecified atom stereocenters. The summed E-state index contributed by atoms with van der Waals surface area (Å²) in [6.45, 7) is 5.70. The maximum absolute atomic E-state index is 15.2. The minimum atomic E-state index is -1.22. The first kappa shape index (κ1) is 27.2. The van der Waals surface area contributed by atoms with Gasteiger partial charge in [-0.25, -0.2) is 18.0 Å². The lowest BCUT2D eigenvalue weighted by atomic mass is 9.63. The van der Waals surface area contributed by atoms with Crippen LogP contribution in [-0.4, -0.2) is 5.97 Å². The predicted octanol–water partition coefficient (Wildman–Crippen LogP) is 9.10. The number of halogens is 3. The van der Waals surface area contributed by atoms with Crippen molar-refractivity contribution in [1.82, 2.24) is 0 Å². The summed E-state index contributed by atoms with van der Waals surface area (Å²) in [5, 5.41) is 0. The van der Waals surface area contributed by atoms with Crippen molar-refractivity contribution < 1.29 is 22.7 Å². The van der Waals surface area contributed by atoms with E-state index in [0.29, 0.717) is 30.2 Å². The molecule has 4 atom stereocenters. The lowest BCUT2D eigenvalue weighted by Gasteiger charge is -2.42. The summed E-state index contributed by atoms with van der Waals surface area (Å²) in [5.41, 5.74) is 0.544. The van der Waals surface area contributed by atoms with Gasteiger partial charge in [-0.1, -0.05) is 36.8 Å². The fourth-order valence-corrected chi connectivity index (χ4v) is 6.27. The molecule has 0 bridgehead atoms. The number of ether oxygens (including phenoxy) is 1. The van der Waals surface area contributed by atoms with Crippen molar-refractivity contribution >= 4 is 5.97 Å². The molecule has 2 aliphatic carbocycles. The molecule has 0 heterocycles. The zero-order valence-electron chi connectivity index (χ0n) is 21.7. The maximum Gasteiger partial charge on any atom is 0.346 e. The fraction of sp³-hybridized carbons (Fsp3) is 0.469. The zero-order valence-corrected chi connectivity index (χ0v) is 21.7. The summed E-state index contributed by atoms with van der Waals surface area (Å²) >= 11 is 0. The number of aryl methyl sites for hydroxylation is 1. The van der Waals surface area contributed by atoms with E-state index in [1.807, 2.05) is 0 Å². The van der Waals surface area contributed by atoms with E-state index >= 15 is 8.78 Å². The van der Waals surface area contributed by atoms with Crippen molar-refractivity contribution in [3.05, 3.63) is 89.3 Å². The van der Waals surface area contributed by atoms with E-state index in [1.54, 1.807) is 12.1 Å². The minimum absolute atomic E-state index is 0.0547. The molecule has 2 aliphatic rings. The normalized spacial score (nSPS) is 23.6. The van der Waals surface area contributed by atoms with E-state index in [2.05, 4.69) is 25.7 Å². The summed E-state index contributed by atoms with van der Waals surface area (Å²) in [5.74, 6) is -2.43. The number of carbonyl (C=O) groups is 1. The zero-order chi connectivity index (χ0) is 26.4. The molecular weight excluding hydrogens is 473 g/mol. The molecule has 0 radical (unpaired) electrons. The van der Waals surface area contributed by atoms with Crippen LogP contribution in [-0.2, 0) is 6.42 Å². The van der Waals surface area contributed by atoms with E-state index in [-0.39, 0.29) is 11.7 Å². The van der Waals surface area contributed by atoms with Crippen LogP contribution >= 0.6 is 0 Å². The van der Waals surface area contributed by atoms with Crippen LogP contribution in [0.2, 0.25) is 0 Å². The van der Waals surface area contributed by atoms with Gasteiger partial charge in [0.1, 0.15) is 0 Å². The Balaban J connectivity index is 1.40. The van der Waals surface area contributed by atoms with Crippen LogP contribution in [0.15, 0.2) is 55.1 Å². The van der Waals surface area contributed by atoms with Gasteiger partial charge in [-0.2, -0.15) is 0 Å². The Labute approximate surface area is 218 Å². The van der Waals surface area contributed by atoms with Gasteiger partial charge in [0, 0.05) is 0 Å². The number of rotatable bonds is 9. The van der Waals surface area contributed by atoms with Gasteiger partial charge in [0.15, 0.2) is 23.2 Å². The largest absolute Gasteiger partial charge is 0.420 e. The quantitative estimate of drug-likeness (QED) is 0.191. The number of carbonyl (C=O) groups excluding carboxylic acids is 1. The van der Waals surface area contributed by atoms with Gasteiger partial charge in [-0.15, -0.1) is 6.58 Å². The first-order chi connectivity index (χ1) is 17.9. The van der Waals surface area contributed by atoms with E-state index in [9.17, 15) is 9.18 Å². The second kappa shape index (κ2) is 12.6. The third-order valence-corrected chi connectivity index (χ3v) is 8.31. The number of fused-ring (bicyclic) bond motifs is 1. The Morgan fingerprint density at radius 2 is 1.78 bits per heavy atom. The number of allylic oxidation sites excluding steroid dienone is 3. The molecule has 0 saturated heterocycles. The van der Waals surface area contributed by atoms with E-state index in [1.165, 1.54) is 43.5 Å². The predicted molar refractivity (Wildman–Crippen MR) is 141 cm³/mol. The first-order valence-corrected chi connectivity index (χ1v) is 13.6. The highest BCUT2D eigenvalue weighted by Gasteiger charge is 2.37. The SMILES string of the molecule is C=CCCc1ccc(OC(=O)c2ccc(C3CCC4CC(CC/C=C/C)CCC4C3)c(F)c2F)c(F)c1. The highest BCUT2D eigenvalue weighted by Crippen LogP contribution is 2.49. The van der Waals surface area contributed by atoms with Crippen LogP contribution < -0.4 is 4.74 Å². The average molecular weight is 511 g/mol. The molecule has 198 valence electrons. The fourth-order valence-electron chi connectivity index (χ4n) is 6.27. The van der Waals surface area contributed by atoms with Crippen molar-refractivity contribution in [2.45, 2.75) is 77.0 Å². The second-order valence-corrected chi connectivity index (χ2v) is 10.7. The van der Waals surface area contributed by atoms with E-state index in [4.69, 9.17) is 4.74 Å². The van der Waals surface area contributed by atoms with E-state index < -0.39 is 29.0 Å². The molecule has 37 heavy (non-hydrogen) atoms. The van der Waals surface area contributed by atoms with Crippen molar-refractivity contribution in [3.8, 4) is 5.75 Å². The molecular formula is C32H37F3O2. The maximum atomic E-state index is 15.2. The topological polar surface area (TPSA) is 26.3 Å². The van der Waals surface area contributed by atoms with Crippen LogP contribution in [0.5, 0.6) is 5.75 Å². The first-order valence-electron chi connectivity index (χ1n) is 13.6. The van der Waals surface area contributed by atoms with Gasteiger partial charge < -0.3 is 4.74 Å². The lowest BCUT2D eigenvalue weighted by Crippen LogP contribution is -2.30. The molecule has 0 N–H and O–H groups in total. The molecule has 2 aromatic rings. The van der Waals surface area contributed by atoms with Crippen molar-refractivity contribution in [2.24, 2.45) is 17.8 Å². The molecule has 2 fully saturated rings. The highest BCUT2D eigenvalue weighted by molar-refractivity contribution is 5.91. The third kappa shape index (κ3) is 6.55. The Hall–Kier alpha value is -2.82. The van der Waals surface area contributed by atoms with E-state index in [0.717, 1.165) is 43.6 Å². The average Bonchev–Trinajstić information content (AvgIpc) is 2.90. The molecule has 0 spiro atoms. The molecule has 4 rings (SSSR count). The Kier molecular flexibility index (Phi) is 9.28. The van der Waals surface area contributed by atoms with Gasteiger partial charge in [0.05, 0.1) is 5.56 Å². The van der Waals surface area contributed by atoms with Gasteiger partial charge in [-0.3, -0.25) is 0 Å². The smallest absolute Gasteiger partial charge is 0.346 e. The van der Waals surface area contributed by atoms with Gasteiger partial charge in [0.25, 0.3) is 0 Å². The standard InChI is InChI=1S/C32H37F3O2/c1-3-5-7-9-21-10-12-24-20-25(14-13-23(24)18-21)26-15-16-27(31(35)30(26)34)32(36)37-29-17-11-22(8-6-4-2)19-28(29)33/h3-5,11,15-17,19,21,23-25H,2,6-10,12-14,18,20H2,1H3/b5-3+. The number of hydrogen-bond donors (Lipinski definition) is 0. The monoisotopic (exact) mass is 510 g/mol. The van der Waals surface area contributed by atoms with Crippen molar-refractivity contribution in [2.75, 3.05) is 0 Å². The van der Waals surface area contributed by atoms with Crippen molar-refractivity contribution in [3.63, 3.8) is 0 Å². The lowest BCUT2D eigenvalue weighted by molar-refractivity contribution is 0.0721. The summed E-state index contributed by atoms with van der Waals surface area (Å²) in [6.07, 6.45) is 16.0. The Bertz CT molecular complexity index is 1140. The molecule has 2 aromatic carbocycles. The van der Waals surface area contributed by atoms with Gasteiger partial charge in [0.2, 0.25) is 0 Å². The summed E-state index contributed by atoms with van der Waals surface area (Å²) in [7, 11) is 0. The molecule has 2 nitrogen and oxygen atoms in total. The highest BCUT2D eigenvalue weighted by atomic mass is 19.2. The summed E-state index contributed by atoms with van der Waals surface area (Å²) in [4.78, 5) is 12.6. The molecule has 2 saturated carbocycles.